The van der Waals surface area contributed by atoms with Gasteiger partial charge in [0.2, 0.25) is 0 Å². The number of ether oxygens (including phenoxy) is 1. The lowest BCUT2D eigenvalue weighted by molar-refractivity contribution is 0.0697. The predicted molar refractivity (Wildman–Crippen MR) is 69.8 cm³/mol. The number of nitrogens with one attached hydrogen (secondary N) is 1. The van der Waals surface area contributed by atoms with Crippen LogP contribution >= 0.6 is 0 Å². The molecule has 1 atom stereocenters. The zero-order chi connectivity index (χ0) is 13.3. The summed E-state index contributed by atoms with van der Waals surface area (Å²) in [7, 11) is 0. The summed E-state index contributed by atoms with van der Waals surface area (Å²) in [4.78, 5) is 10.9. The molecule has 1 aromatic rings. The van der Waals surface area contributed by atoms with Crippen LogP contribution in [0.4, 0.5) is 11.4 Å². The van der Waals surface area contributed by atoms with Crippen LogP contribution in [-0.4, -0.2) is 30.3 Å². The Morgan fingerprint density at radius 3 is 2.83 bits per heavy atom. The first kappa shape index (κ1) is 12.7. The van der Waals surface area contributed by atoms with E-state index in [9.17, 15) is 4.79 Å². The van der Waals surface area contributed by atoms with E-state index in [-0.39, 0.29) is 17.0 Å². The first-order valence-electron chi connectivity index (χ1n) is 5.87. The molecule has 5 heteroatoms. The third-order valence-corrected chi connectivity index (χ3v) is 3.33. The molecule has 2 rings (SSSR count). The molecule has 98 valence electrons. The second-order valence-corrected chi connectivity index (χ2v) is 5.31. The Balaban J connectivity index is 2.23. The van der Waals surface area contributed by atoms with Crippen molar-refractivity contribution >= 4 is 17.3 Å². The minimum Gasteiger partial charge on any atom is -0.478 e. The molecule has 0 aromatic heterocycles. The minimum atomic E-state index is -0.958. The van der Waals surface area contributed by atoms with Gasteiger partial charge in [0.05, 0.1) is 36.2 Å². The summed E-state index contributed by atoms with van der Waals surface area (Å²) >= 11 is 0. The Morgan fingerprint density at radius 1 is 1.56 bits per heavy atom. The molecule has 1 aliphatic rings. The maximum absolute atomic E-state index is 10.9. The van der Waals surface area contributed by atoms with E-state index in [1.165, 1.54) is 6.07 Å². The van der Waals surface area contributed by atoms with E-state index >= 15 is 0 Å². The number of nitrogens with two attached hydrogens (primary N) is 1. The summed E-state index contributed by atoms with van der Waals surface area (Å²) in [6.45, 7) is 5.50. The number of carbonyl (C=O) groups is 1. The highest BCUT2D eigenvalue weighted by atomic mass is 16.5. The van der Waals surface area contributed by atoms with Gasteiger partial charge in [0.15, 0.2) is 0 Å². The van der Waals surface area contributed by atoms with E-state index in [0.717, 1.165) is 0 Å². The number of benzene rings is 1. The van der Waals surface area contributed by atoms with Crippen molar-refractivity contribution in [1.29, 1.82) is 0 Å². The molecule has 18 heavy (non-hydrogen) atoms. The molecule has 1 heterocycles. The van der Waals surface area contributed by atoms with Gasteiger partial charge in [0.25, 0.3) is 0 Å². The number of nitrogen functional groups attached to an aromatic ring is 1. The summed E-state index contributed by atoms with van der Waals surface area (Å²) in [5.41, 5.74) is 7.29. The van der Waals surface area contributed by atoms with Crippen molar-refractivity contribution in [3.8, 4) is 0 Å². The van der Waals surface area contributed by atoms with Crippen LogP contribution in [0.3, 0.4) is 0 Å². The number of rotatable bonds is 3. The van der Waals surface area contributed by atoms with Gasteiger partial charge in [0.1, 0.15) is 0 Å². The lowest BCUT2D eigenvalue weighted by atomic mass is 9.87. The first-order valence-corrected chi connectivity index (χ1v) is 5.87. The van der Waals surface area contributed by atoms with Crippen molar-refractivity contribution in [2.24, 2.45) is 5.41 Å². The monoisotopic (exact) mass is 250 g/mol. The van der Waals surface area contributed by atoms with E-state index in [4.69, 9.17) is 15.6 Å². The fourth-order valence-corrected chi connectivity index (χ4v) is 2.01. The van der Waals surface area contributed by atoms with E-state index in [0.29, 0.717) is 24.6 Å². The number of carboxylic acid groups (broad SMARTS) is 1. The number of hydrogen-bond acceptors (Lipinski definition) is 4. The Kier molecular flexibility index (Phi) is 3.17. The standard InChI is InChI=1S/C13H18N2O3/c1-13(2)7-18-6-11(13)15-10-5-8(12(16)17)3-4-9(10)14/h3-5,11,15H,6-7,14H2,1-2H3,(H,16,17). The van der Waals surface area contributed by atoms with Crippen molar-refractivity contribution in [2.75, 3.05) is 24.3 Å². The second kappa shape index (κ2) is 4.49. The first-order chi connectivity index (χ1) is 8.40. The fourth-order valence-electron chi connectivity index (χ4n) is 2.01. The molecule has 5 nitrogen and oxygen atoms in total. The molecule has 0 spiro atoms. The number of carboxylic acids is 1. The minimum absolute atomic E-state index is 0.00562. The molecule has 0 amide bonds. The van der Waals surface area contributed by atoms with Crippen LogP contribution in [0.5, 0.6) is 0 Å². The highest BCUT2D eigenvalue weighted by molar-refractivity contribution is 5.90. The topological polar surface area (TPSA) is 84.6 Å². The van der Waals surface area contributed by atoms with Crippen LogP contribution in [0.15, 0.2) is 18.2 Å². The van der Waals surface area contributed by atoms with Crippen LogP contribution in [-0.2, 0) is 4.74 Å². The van der Waals surface area contributed by atoms with Crippen molar-refractivity contribution in [3.05, 3.63) is 23.8 Å². The van der Waals surface area contributed by atoms with Gasteiger partial charge in [-0.2, -0.15) is 0 Å². The van der Waals surface area contributed by atoms with E-state index < -0.39 is 5.97 Å². The largest absolute Gasteiger partial charge is 0.478 e. The van der Waals surface area contributed by atoms with Crippen LogP contribution < -0.4 is 11.1 Å². The van der Waals surface area contributed by atoms with Crippen molar-refractivity contribution in [1.82, 2.24) is 0 Å². The average Bonchev–Trinajstić information content (AvgIpc) is 2.61. The van der Waals surface area contributed by atoms with E-state index in [2.05, 4.69) is 19.2 Å². The Morgan fingerprint density at radius 2 is 2.28 bits per heavy atom. The maximum Gasteiger partial charge on any atom is 0.335 e. The van der Waals surface area contributed by atoms with Gasteiger partial charge in [-0.05, 0) is 18.2 Å². The highest BCUT2D eigenvalue weighted by Crippen LogP contribution is 2.32. The van der Waals surface area contributed by atoms with E-state index in [1.54, 1.807) is 12.1 Å². The van der Waals surface area contributed by atoms with Gasteiger partial charge in [-0.15, -0.1) is 0 Å². The molecular formula is C13H18N2O3. The second-order valence-electron chi connectivity index (χ2n) is 5.31. The van der Waals surface area contributed by atoms with E-state index in [1.807, 2.05) is 0 Å². The molecule has 0 aliphatic carbocycles. The molecule has 4 N–H and O–H groups in total. The number of aromatic carboxylic acids is 1. The lowest BCUT2D eigenvalue weighted by Gasteiger charge is -2.27. The SMILES string of the molecule is CC1(C)COCC1Nc1cc(C(=O)O)ccc1N. The summed E-state index contributed by atoms with van der Waals surface area (Å²) in [6, 6.07) is 4.80. The number of anilines is 2. The van der Waals surface area contributed by atoms with Gasteiger partial charge in [-0.3, -0.25) is 0 Å². The van der Waals surface area contributed by atoms with Crippen LogP contribution in [0.25, 0.3) is 0 Å². The molecule has 1 aliphatic heterocycles. The maximum atomic E-state index is 10.9. The molecular weight excluding hydrogens is 232 g/mol. The Labute approximate surface area is 106 Å². The van der Waals surface area contributed by atoms with Crippen molar-refractivity contribution in [3.63, 3.8) is 0 Å². The normalized spacial score (nSPS) is 21.8. The third kappa shape index (κ3) is 2.41. The predicted octanol–water partition coefficient (Wildman–Crippen LogP) is 1.80. The van der Waals surface area contributed by atoms with Gasteiger partial charge in [-0.25, -0.2) is 4.79 Å². The van der Waals surface area contributed by atoms with Crippen molar-refractivity contribution < 1.29 is 14.6 Å². The molecule has 1 aromatic carbocycles. The molecule has 1 saturated heterocycles. The van der Waals surface area contributed by atoms with Gasteiger partial charge < -0.3 is 20.9 Å². The summed E-state index contributed by atoms with van der Waals surface area (Å²) < 4.78 is 5.44. The average molecular weight is 250 g/mol. The molecule has 1 fully saturated rings. The van der Waals surface area contributed by atoms with Gasteiger partial charge in [-0.1, -0.05) is 13.8 Å². The Hall–Kier alpha value is -1.75. The molecule has 1 unspecified atom stereocenters. The van der Waals surface area contributed by atoms with Gasteiger partial charge >= 0.3 is 5.97 Å². The Bertz CT molecular complexity index is 471. The highest BCUT2D eigenvalue weighted by Gasteiger charge is 2.35. The van der Waals surface area contributed by atoms with Crippen molar-refractivity contribution in [2.45, 2.75) is 19.9 Å². The quantitative estimate of drug-likeness (QED) is 0.712. The fraction of sp³-hybridized carbons (Fsp3) is 0.462. The van der Waals surface area contributed by atoms with Crippen LogP contribution in [0.2, 0.25) is 0 Å². The molecule has 0 saturated carbocycles. The molecule has 0 radical (unpaired) electrons. The zero-order valence-corrected chi connectivity index (χ0v) is 10.6. The van der Waals surface area contributed by atoms with Gasteiger partial charge in [0, 0.05) is 5.41 Å². The van der Waals surface area contributed by atoms with Crippen LogP contribution in [0, 0.1) is 5.41 Å². The zero-order valence-electron chi connectivity index (χ0n) is 10.6. The smallest absolute Gasteiger partial charge is 0.335 e. The summed E-state index contributed by atoms with van der Waals surface area (Å²) in [5, 5.41) is 12.3. The van der Waals surface area contributed by atoms with Crippen LogP contribution in [0.1, 0.15) is 24.2 Å². The summed E-state index contributed by atoms with van der Waals surface area (Å²) in [5.74, 6) is -0.958. The molecule has 0 bridgehead atoms. The lowest BCUT2D eigenvalue weighted by Crippen LogP contribution is -2.34. The third-order valence-electron chi connectivity index (χ3n) is 3.33. The number of hydrogen-bond donors (Lipinski definition) is 3. The summed E-state index contributed by atoms with van der Waals surface area (Å²) in [6.07, 6.45) is 0.